The van der Waals surface area contributed by atoms with Gasteiger partial charge < -0.3 is 33.7 Å². The number of aliphatic hydroxyl groups is 1. The molecule has 11 nitrogen and oxygen atoms in total. The van der Waals surface area contributed by atoms with E-state index >= 15 is 0 Å². The third-order valence-corrected chi connectivity index (χ3v) is 9.06. The van der Waals surface area contributed by atoms with Gasteiger partial charge in [-0.3, -0.25) is 14.9 Å². The van der Waals surface area contributed by atoms with E-state index in [0.29, 0.717) is 17.9 Å². The minimum Gasteiger partial charge on any atom is -0.495 e. The summed E-state index contributed by atoms with van der Waals surface area (Å²) in [7, 11) is 4.56. The van der Waals surface area contributed by atoms with E-state index < -0.39 is 59.6 Å². The molecule has 0 aromatic heterocycles. The lowest BCUT2D eigenvalue weighted by Gasteiger charge is -2.42. The van der Waals surface area contributed by atoms with Crippen LogP contribution in [0.15, 0.2) is 35.9 Å². The number of hydrogen-bond donors (Lipinski definition) is 2. The molecule has 0 spiro atoms. The fourth-order valence-electron chi connectivity index (χ4n) is 5.88. The Morgan fingerprint density at radius 3 is 2.59 bits per heavy atom. The Bertz CT molecular complexity index is 1350. The van der Waals surface area contributed by atoms with Crippen LogP contribution in [0.1, 0.15) is 53.0 Å². The van der Waals surface area contributed by atoms with E-state index in [0.717, 1.165) is 11.1 Å². The van der Waals surface area contributed by atoms with E-state index in [1.54, 1.807) is 40.0 Å². The van der Waals surface area contributed by atoms with Gasteiger partial charge in [0.05, 0.1) is 31.2 Å². The van der Waals surface area contributed by atoms with Crippen LogP contribution in [-0.4, -0.2) is 80.1 Å². The molecule has 12 heteroatoms. The largest absolute Gasteiger partial charge is 0.495 e. The molecular weight excluding hydrogens is 592 g/mol. The molecule has 2 saturated heterocycles. The number of ether oxygens (including phenoxy) is 5. The molecule has 4 bridgehead atoms. The number of halogens is 1. The van der Waals surface area contributed by atoms with Crippen molar-refractivity contribution >= 4 is 35.3 Å². The SMILES string of the molecule is COc1cc2cc(c1Cl)N(C)C(=O)CC(OC(=O)C(C)C)[C@]1(C)OC1C(C)C1C[C@@](O)(NC(=O)O1)C(OC)C=CC=C(C)C2. The highest BCUT2D eigenvalue weighted by Gasteiger charge is 2.64. The van der Waals surface area contributed by atoms with Gasteiger partial charge in [0.1, 0.15) is 34.7 Å². The number of amides is 2. The van der Waals surface area contributed by atoms with Crippen LogP contribution in [0, 0.1) is 11.8 Å². The summed E-state index contributed by atoms with van der Waals surface area (Å²) >= 11 is 6.68. The predicted octanol–water partition coefficient (Wildman–Crippen LogP) is 4.32. The van der Waals surface area contributed by atoms with Crippen LogP contribution in [0.5, 0.6) is 5.75 Å². The van der Waals surface area contributed by atoms with Crippen molar-refractivity contribution in [2.45, 2.75) is 89.6 Å². The lowest BCUT2D eigenvalue weighted by Crippen LogP contribution is -2.63. The van der Waals surface area contributed by atoms with Crippen LogP contribution in [0.4, 0.5) is 10.5 Å². The average molecular weight is 635 g/mol. The molecule has 4 rings (SSSR count). The molecule has 44 heavy (non-hydrogen) atoms. The van der Waals surface area contributed by atoms with Gasteiger partial charge in [-0.1, -0.05) is 56.2 Å². The van der Waals surface area contributed by atoms with Gasteiger partial charge in [-0.15, -0.1) is 0 Å². The molecule has 2 fully saturated rings. The average Bonchev–Trinajstić information content (AvgIpc) is 3.66. The molecule has 2 N–H and O–H groups in total. The second-order valence-corrected chi connectivity index (χ2v) is 12.8. The van der Waals surface area contributed by atoms with E-state index in [9.17, 15) is 19.5 Å². The minimum absolute atomic E-state index is 0.00361. The number of carbonyl (C=O) groups excluding carboxylic acids is 3. The molecular formula is C32H43ClN2O9. The predicted molar refractivity (Wildman–Crippen MR) is 164 cm³/mol. The van der Waals surface area contributed by atoms with Crippen molar-refractivity contribution in [1.82, 2.24) is 5.32 Å². The first-order chi connectivity index (χ1) is 20.6. The van der Waals surface area contributed by atoms with E-state index in [-0.39, 0.29) is 23.8 Å². The van der Waals surface area contributed by atoms with Crippen molar-refractivity contribution in [1.29, 1.82) is 0 Å². The molecule has 7 atom stereocenters. The van der Waals surface area contributed by atoms with Crippen LogP contribution in [0.25, 0.3) is 0 Å². The van der Waals surface area contributed by atoms with Crippen LogP contribution in [0.3, 0.4) is 0 Å². The lowest BCUT2D eigenvalue weighted by atomic mass is 9.83. The van der Waals surface area contributed by atoms with Crippen LogP contribution in [-0.2, 0) is 35.0 Å². The standard InChI is InChI=1S/C32H43ClN2O9/c1-17(2)29(37)43-25-15-26(36)35(6)21-13-20(14-22(40-7)27(21)33)12-18(3)10-9-11-24(41-8)32(39)16-23(42-30(38)34-32)19(4)28-31(25,5)44-28/h9-11,13-14,17,19,23-25,28,39H,12,15-16H2,1-8H3,(H,34,38)/t19?,23?,24?,25?,28?,31-,32-/m0/s1. The molecule has 5 unspecified atom stereocenters. The van der Waals surface area contributed by atoms with Crippen LogP contribution < -0.4 is 15.0 Å². The van der Waals surface area contributed by atoms with Crippen LogP contribution >= 0.6 is 11.6 Å². The van der Waals surface area contributed by atoms with Crippen LogP contribution in [0.2, 0.25) is 5.02 Å². The van der Waals surface area contributed by atoms with E-state index in [1.165, 1.54) is 19.1 Å². The van der Waals surface area contributed by atoms with Gasteiger partial charge in [0.25, 0.3) is 0 Å². The number of epoxide rings is 1. The second kappa shape index (κ2) is 13.1. The Labute approximate surface area is 263 Å². The monoisotopic (exact) mass is 634 g/mol. The number of esters is 1. The van der Waals surface area contributed by atoms with Crippen molar-refractivity contribution < 1.29 is 43.2 Å². The summed E-state index contributed by atoms with van der Waals surface area (Å²) in [6.07, 6.45) is 1.65. The summed E-state index contributed by atoms with van der Waals surface area (Å²) in [5, 5.41) is 14.4. The molecule has 0 aliphatic carbocycles. The highest BCUT2D eigenvalue weighted by atomic mass is 35.5. The number of allylic oxidation sites excluding steroid dienone is 3. The van der Waals surface area contributed by atoms with Crippen molar-refractivity contribution in [2.24, 2.45) is 11.8 Å². The Balaban J connectivity index is 1.80. The first-order valence-corrected chi connectivity index (χ1v) is 15.1. The number of hydrogen-bond acceptors (Lipinski definition) is 9. The zero-order valence-electron chi connectivity index (χ0n) is 26.5. The maximum Gasteiger partial charge on any atom is 0.409 e. The van der Waals surface area contributed by atoms with Crippen molar-refractivity contribution in [3.8, 4) is 5.75 Å². The summed E-state index contributed by atoms with van der Waals surface area (Å²) in [4.78, 5) is 40.7. The fourth-order valence-corrected chi connectivity index (χ4v) is 6.19. The number of benzene rings is 1. The lowest BCUT2D eigenvalue weighted by molar-refractivity contribution is -0.157. The Morgan fingerprint density at radius 2 is 1.95 bits per heavy atom. The number of nitrogens with zero attached hydrogens (tertiary/aromatic N) is 1. The zero-order valence-corrected chi connectivity index (χ0v) is 27.3. The number of carbonyl (C=O) groups is 3. The molecule has 3 aliphatic heterocycles. The molecule has 3 aliphatic rings. The third kappa shape index (κ3) is 6.91. The maximum absolute atomic E-state index is 13.8. The number of methoxy groups -OCH3 is 2. The first-order valence-electron chi connectivity index (χ1n) is 14.7. The summed E-state index contributed by atoms with van der Waals surface area (Å²) < 4.78 is 28.8. The second-order valence-electron chi connectivity index (χ2n) is 12.4. The first kappa shape index (κ1) is 33.8. The maximum atomic E-state index is 13.8. The van der Waals surface area contributed by atoms with Gasteiger partial charge in [0, 0.05) is 26.5 Å². The number of alkyl carbamates (subject to hydrolysis) is 1. The van der Waals surface area contributed by atoms with E-state index in [2.05, 4.69) is 5.32 Å². The Kier molecular flexibility index (Phi) is 10.0. The molecule has 1 aromatic carbocycles. The summed E-state index contributed by atoms with van der Waals surface area (Å²) in [5.41, 5.74) is -0.587. The Hall–Kier alpha value is -3.12. The summed E-state index contributed by atoms with van der Waals surface area (Å²) in [6, 6.07) is 3.63. The van der Waals surface area contributed by atoms with Gasteiger partial charge in [0.15, 0.2) is 5.72 Å². The number of fused-ring (bicyclic) bond motifs is 5. The van der Waals surface area contributed by atoms with Gasteiger partial charge >= 0.3 is 12.1 Å². The highest BCUT2D eigenvalue weighted by Crippen LogP contribution is 2.49. The van der Waals surface area contributed by atoms with Gasteiger partial charge in [-0.2, -0.15) is 0 Å². The quantitative estimate of drug-likeness (QED) is 0.366. The number of nitrogens with one attached hydrogen (secondary N) is 1. The molecule has 0 radical (unpaired) electrons. The zero-order chi connectivity index (χ0) is 32.6. The smallest absolute Gasteiger partial charge is 0.409 e. The van der Waals surface area contributed by atoms with Gasteiger partial charge in [-0.05, 0) is 38.0 Å². The number of rotatable bonds is 4. The molecule has 0 saturated carbocycles. The molecule has 242 valence electrons. The van der Waals surface area contributed by atoms with E-state index in [4.69, 9.17) is 35.3 Å². The third-order valence-electron chi connectivity index (χ3n) is 8.68. The molecule has 1 aromatic rings. The fraction of sp³-hybridized carbons (Fsp3) is 0.594. The van der Waals surface area contributed by atoms with Crippen molar-refractivity contribution in [3.05, 3.63) is 46.5 Å². The van der Waals surface area contributed by atoms with E-state index in [1.807, 2.05) is 32.1 Å². The Morgan fingerprint density at radius 1 is 1.25 bits per heavy atom. The highest BCUT2D eigenvalue weighted by molar-refractivity contribution is 6.35. The molecule has 2 amide bonds. The summed E-state index contributed by atoms with van der Waals surface area (Å²) in [5.74, 6) is -1.30. The number of anilines is 1. The van der Waals surface area contributed by atoms with Crippen molar-refractivity contribution in [2.75, 3.05) is 26.2 Å². The minimum atomic E-state index is -1.77. The van der Waals surface area contributed by atoms with Gasteiger partial charge in [-0.25, -0.2) is 4.79 Å². The molecule has 3 heterocycles. The van der Waals surface area contributed by atoms with Crippen molar-refractivity contribution in [3.63, 3.8) is 0 Å². The van der Waals surface area contributed by atoms with Gasteiger partial charge in [0.2, 0.25) is 5.91 Å². The summed E-state index contributed by atoms with van der Waals surface area (Å²) in [6.45, 7) is 8.95. The topological polar surface area (TPSA) is 136 Å². The normalized spacial score (nSPS) is 32.8.